The standard InChI is InChI=1S/C13H16N4OS/c1-3-7-18-12-6-4-5-11(8-12)9-14-17-10(2)15-16-13(17)19/h4-6,8-9H,3,7H2,1-2H3,(H,16,19)/b14-9-. The number of hydrogen-bond acceptors (Lipinski definition) is 4. The summed E-state index contributed by atoms with van der Waals surface area (Å²) in [5.74, 6) is 1.57. The fourth-order valence-corrected chi connectivity index (χ4v) is 1.76. The first kappa shape index (κ1) is 13.5. The summed E-state index contributed by atoms with van der Waals surface area (Å²) in [5.41, 5.74) is 0.955. The Bertz CT molecular complexity index is 630. The van der Waals surface area contributed by atoms with Gasteiger partial charge in [0, 0.05) is 0 Å². The van der Waals surface area contributed by atoms with Crippen molar-refractivity contribution in [3.8, 4) is 5.75 Å². The third kappa shape index (κ3) is 3.51. The third-order valence-electron chi connectivity index (χ3n) is 2.47. The summed E-state index contributed by atoms with van der Waals surface area (Å²) in [5, 5.41) is 11.0. The zero-order chi connectivity index (χ0) is 13.7. The third-order valence-corrected chi connectivity index (χ3v) is 2.73. The number of aryl methyl sites for hydroxylation is 1. The van der Waals surface area contributed by atoms with Crippen LogP contribution in [0.4, 0.5) is 0 Å². The number of ether oxygens (including phenoxy) is 1. The monoisotopic (exact) mass is 276 g/mol. The maximum Gasteiger partial charge on any atom is 0.216 e. The Morgan fingerprint density at radius 3 is 3.05 bits per heavy atom. The van der Waals surface area contributed by atoms with E-state index in [4.69, 9.17) is 17.0 Å². The van der Waals surface area contributed by atoms with Gasteiger partial charge in [-0.2, -0.15) is 14.9 Å². The van der Waals surface area contributed by atoms with Gasteiger partial charge in [0.15, 0.2) is 0 Å². The highest BCUT2D eigenvalue weighted by atomic mass is 32.1. The maximum absolute atomic E-state index is 5.57. The summed E-state index contributed by atoms with van der Waals surface area (Å²) < 4.78 is 7.63. The van der Waals surface area contributed by atoms with E-state index in [9.17, 15) is 0 Å². The molecule has 0 spiro atoms. The SMILES string of the molecule is CCCOc1cccc(/C=N\n2c(C)n[nH]c2=S)c1. The number of rotatable bonds is 5. The molecule has 1 heterocycles. The largest absolute Gasteiger partial charge is 0.494 e. The Morgan fingerprint density at radius 2 is 2.37 bits per heavy atom. The lowest BCUT2D eigenvalue weighted by Crippen LogP contribution is -1.96. The van der Waals surface area contributed by atoms with Gasteiger partial charge in [-0.15, -0.1) is 0 Å². The summed E-state index contributed by atoms with van der Waals surface area (Å²) in [6.07, 6.45) is 2.72. The van der Waals surface area contributed by atoms with Crippen LogP contribution in [-0.4, -0.2) is 27.7 Å². The molecule has 0 radical (unpaired) electrons. The van der Waals surface area contributed by atoms with Crippen molar-refractivity contribution >= 4 is 18.4 Å². The Hall–Kier alpha value is -1.95. The summed E-state index contributed by atoms with van der Waals surface area (Å²) in [6, 6.07) is 7.77. The van der Waals surface area contributed by atoms with Gasteiger partial charge in [-0.3, -0.25) is 5.10 Å². The molecule has 0 saturated carbocycles. The lowest BCUT2D eigenvalue weighted by Gasteiger charge is -2.04. The van der Waals surface area contributed by atoms with E-state index in [2.05, 4.69) is 22.2 Å². The normalized spacial score (nSPS) is 11.1. The van der Waals surface area contributed by atoms with Gasteiger partial charge < -0.3 is 4.74 Å². The molecule has 0 aliphatic carbocycles. The number of aromatic amines is 1. The molecular weight excluding hydrogens is 260 g/mol. The summed E-state index contributed by atoms with van der Waals surface area (Å²) >= 11 is 5.08. The van der Waals surface area contributed by atoms with Crippen molar-refractivity contribution in [1.29, 1.82) is 0 Å². The van der Waals surface area contributed by atoms with E-state index in [-0.39, 0.29) is 0 Å². The van der Waals surface area contributed by atoms with Gasteiger partial charge in [0.1, 0.15) is 11.6 Å². The Labute approximate surface area is 116 Å². The molecule has 1 N–H and O–H groups in total. The second kappa shape index (κ2) is 6.29. The van der Waals surface area contributed by atoms with Gasteiger partial charge in [-0.25, -0.2) is 0 Å². The molecule has 0 saturated heterocycles. The van der Waals surface area contributed by atoms with E-state index in [1.54, 1.807) is 10.9 Å². The van der Waals surface area contributed by atoms with Gasteiger partial charge in [-0.05, 0) is 43.3 Å². The lowest BCUT2D eigenvalue weighted by atomic mass is 10.2. The molecule has 100 valence electrons. The van der Waals surface area contributed by atoms with Crippen molar-refractivity contribution in [2.75, 3.05) is 6.61 Å². The first-order chi connectivity index (χ1) is 9.20. The highest BCUT2D eigenvalue weighted by Gasteiger charge is 1.98. The predicted octanol–water partition coefficient (Wildman–Crippen LogP) is 2.92. The van der Waals surface area contributed by atoms with E-state index in [1.807, 2.05) is 31.2 Å². The molecule has 0 aliphatic rings. The number of nitrogens with zero attached hydrogens (tertiary/aromatic N) is 3. The van der Waals surface area contributed by atoms with Crippen LogP contribution in [0.1, 0.15) is 24.7 Å². The fraction of sp³-hybridized carbons (Fsp3) is 0.308. The molecule has 19 heavy (non-hydrogen) atoms. The zero-order valence-electron chi connectivity index (χ0n) is 11.0. The first-order valence-corrected chi connectivity index (χ1v) is 6.52. The summed E-state index contributed by atoms with van der Waals surface area (Å²) in [6.45, 7) is 4.63. The van der Waals surface area contributed by atoms with Crippen LogP contribution in [0.15, 0.2) is 29.4 Å². The minimum Gasteiger partial charge on any atom is -0.494 e. The number of hydrogen-bond donors (Lipinski definition) is 1. The van der Waals surface area contributed by atoms with Crippen molar-refractivity contribution in [3.63, 3.8) is 0 Å². The molecule has 1 aromatic heterocycles. The molecule has 2 aromatic rings. The van der Waals surface area contributed by atoms with E-state index in [0.29, 0.717) is 11.4 Å². The number of nitrogens with one attached hydrogen (secondary N) is 1. The van der Waals surface area contributed by atoms with Crippen LogP contribution < -0.4 is 4.74 Å². The second-order valence-corrected chi connectivity index (χ2v) is 4.44. The van der Waals surface area contributed by atoms with Gasteiger partial charge >= 0.3 is 0 Å². The minimum absolute atomic E-state index is 0.479. The minimum atomic E-state index is 0.479. The highest BCUT2D eigenvalue weighted by molar-refractivity contribution is 7.71. The van der Waals surface area contributed by atoms with Crippen molar-refractivity contribution in [3.05, 3.63) is 40.4 Å². The lowest BCUT2D eigenvalue weighted by molar-refractivity contribution is 0.317. The molecule has 0 unspecified atom stereocenters. The first-order valence-electron chi connectivity index (χ1n) is 6.12. The summed E-state index contributed by atoms with van der Waals surface area (Å²) in [4.78, 5) is 0. The van der Waals surface area contributed by atoms with E-state index >= 15 is 0 Å². The van der Waals surface area contributed by atoms with E-state index < -0.39 is 0 Å². The molecule has 0 bridgehead atoms. The van der Waals surface area contributed by atoms with Gasteiger partial charge in [0.25, 0.3) is 0 Å². The number of H-pyrrole nitrogens is 1. The quantitative estimate of drug-likeness (QED) is 0.675. The maximum atomic E-state index is 5.57. The number of benzene rings is 1. The van der Waals surface area contributed by atoms with Crippen molar-refractivity contribution in [2.24, 2.45) is 5.10 Å². The average molecular weight is 276 g/mol. The van der Waals surface area contributed by atoms with Gasteiger partial charge in [0.2, 0.25) is 4.77 Å². The highest BCUT2D eigenvalue weighted by Crippen LogP contribution is 2.12. The number of aromatic nitrogens is 3. The average Bonchev–Trinajstić information content (AvgIpc) is 2.74. The van der Waals surface area contributed by atoms with Gasteiger partial charge in [-0.1, -0.05) is 19.1 Å². The predicted molar refractivity (Wildman–Crippen MR) is 77.4 cm³/mol. The van der Waals surface area contributed by atoms with Crippen LogP contribution >= 0.6 is 12.2 Å². The summed E-state index contributed by atoms with van der Waals surface area (Å²) in [7, 11) is 0. The van der Waals surface area contributed by atoms with Crippen LogP contribution in [0.25, 0.3) is 0 Å². The Morgan fingerprint density at radius 1 is 1.53 bits per heavy atom. The van der Waals surface area contributed by atoms with Gasteiger partial charge in [0.05, 0.1) is 12.8 Å². The van der Waals surface area contributed by atoms with Crippen LogP contribution in [0.2, 0.25) is 0 Å². The van der Waals surface area contributed by atoms with E-state index in [1.165, 1.54) is 0 Å². The smallest absolute Gasteiger partial charge is 0.216 e. The molecule has 2 rings (SSSR count). The zero-order valence-corrected chi connectivity index (χ0v) is 11.8. The Kier molecular flexibility index (Phi) is 4.46. The molecular formula is C13H16N4OS. The van der Waals surface area contributed by atoms with Crippen LogP contribution in [-0.2, 0) is 0 Å². The van der Waals surface area contributed by atoms with Crippen LogP contribution in [0, 0.1) is 11.7 Å². The molecule has 0 amide bonds. The second-order valence-electron chi connectivity index (χ2n) is 4.05. The molecule has 5 nitrogen and oxygen atoms in total. The topological polar surface area (TPSA) is 55.2 Å². The van der Waals surface area contributed by atoms with E-state index in [0.717, 1.165) is 23.6 Å². The van der Waals surface area contributed by atoms with Crippen molar-refractivity contribution in [2.45, 2.75) is 20.3 Å². The van der Waals surface area contributed by atoms with Crippen molar-refractivity contribution < 1.29 is 4.74 Å². The molecule has 6 heteroatoms. The Balaban J connectivity index is 2.17. The van der Waals surface area contributed by atoms with Crippen LogP contribution in [0.3, 0.4) is 0 Å². The van der Waals surface area contributed by atoms with Crippen LogP contribution in [0.5, 0.6) is 5.75 Å². The molecule has 0 aliphatic heterocycles. The molecule has 1 aromatic carbocycles. The molecule has 0 fully saturated rings. The van der Waals surface area contributed by atoms with Crippen molar-refractivity contribution in [1.82, 2.24) is 14.9 Å². The fourth-order valence-electron chi connectivity index (χ4n) is 1.54. The molecule has 0 atom stereocenters.